The highest BCUT2D eigenvalue weighted by Gasteiger charge is 2.54. The SMILES string of the molecule is Cc1ccc(N2B(c3c(F)c(F)c(F)c(F)c3F)N(c3ccc(C)cc3)c3c2c2ccccc2c2ccccc32)cc1.Cc1ccc(N2B(c3c(F)c(F)c(F)c(F)c3F)N(c3ccc(C)cc3)c3c2c2ccccc2c2ccccc32)cc1.Cc1ccc(N2B(c3c(F)c(F)c(F)c(F)c3F)N(c3ccc(C)cc3)c3c2c2ccccc2c2ccccc32)cc1. The molecule has 24 heteroatoms. The van der Waals surface area contributed by atoms with E-state index in [0.29, 0.717) is 68.2 Å². The molecule has 3 heterocycles. The average molecular weight is 1690 g/mol. The molecule has 0 aromatic heterocycles. The molecular weight excluding hydrogens is 1630 g/mol. The van der Waals surface area contributed by atoms with E-state index in [1.165, 1.54) is 0 Å². The van der Waals surface area contributed by atoms with Crippen LogP contribution in [0, 0.1) is 129 Å². The van der Waals surface area contributed by atoms with Crippen molar-refractivity contribution in [2.75, 3.05) is 28.9 Å². The van der Waals surface area contributed by atoms with Crippen molar-refractivity contribution in [1.29, 1.82) is 0 Å². The Bertz CT molecular complexity index is 6360. The Balaban J connectivity index is 0.000000123. The summed E-state index contributed by atoms with van der Waals surface area (Å²) in [5.74, 6) is -29.7. The number of benzene rings is 18. The lowest BCUT2D eigenvalue weighted by Gasteiger charge is -2.31. The fourth-order valence-electron chi connectivity index (χ4n) is 18.0. The molecule has 0 saturated carbocycles. The van der Waals surface area contributed by atoms with E-state index in [2.05, 4.69) is 0 Å². The summed E-state index contributed by atoms with van der Waals surface area (Å²) >= 11 is 0. The van der Waals surface area contributed by atoms with Gasteiger partial charge < -0.3 is 28.9 Å². The molecule has 0 aliphatic carbocycles. The minimum Gasteiger partial charge on any atom is -0.359 e. The fraction of sp³-hybridized carbons (Fsp3) is 0.0588. The predicted octanol–water partition coefficient (Wildman–Crippen LogP) is 27.0. The zero-order valence-corrected chi connectivity index (χ0v) is 67.8. The molecule has 18 aromatic carbocycles. The van der Waals surface area contributed by atoms with E-state index in [0.717, 1.165) is 98.0 Å². The lowest BCUT2D eigenvalue weighted by Crippen LogP contribution is -2.56. The van der Waals surface area contributed by atoms with Crippen molar-refractivity contribution >= 4 is 170 Å². The van der Waals surface area contributed by atoms with E-state index < -0.39 is 125 Å². The second-order valence-corrected chi connectivity index (χ2v) is 31.7. The Morgan fingerprint density at radius 1 is 0.143 bits per heavy atom. The standard InChI is InChI=1S/3C34H22BF5N2/c3*1-19-11-15-21(16-12-19)41-33-25-9-5-3-7-23(25)24-8-4-6-10-26(24)34(33)42(22-17-13-20(2)14-18-22)35(41)27-28(36)30(38)32(40)31(39)29(27)37/h3*3-18H,1-2H3. The van der Waals surface area contributed by atoms with Gasteiger partial charge >= 0.3 is 20.9 Å². The normalized spacial score (nSPS) is 13.0. The van der Waals surface area contributed by atoms with Crippen LogP contribution in [0.25, 0.3) is 64.6 Å². The number of aryl methyl sites for hydroxylation is 6. The molecule has 0 N–H and O–H groups in total. The summed E-state index contributed by atoms with van der Waals surface area (Å²) in [6.45, 7) is 7.08. The monoisotopic (exact) mass is 1690 g/mol. The molecule has 0 amide bonds. The Morgan fingerprint density at radius 3 is 0.381 bits per heavy atom. The number of hydrogen-bond donors (Lipinski definition) is 0. The van der Waals surface area contributed by atoms with Crippen LogP contribution >= 0.6 is 0 Å². The van der Waals surface area contributed by atoms with Crippen molar-refractivity contribution in [3.8, 4) is 0 Å². The van der Waals surface area contributed by atoms with E-state index in [1.54, 1.807) is 102 Å². The summed E-state index contributed by atoms with van der Waals surface area (Å²) in [7, 11) is 0. The first-order chi connectivity index (χ1) is 60.8. The molecule has 0 unspecified atom stereocenters. The number of nitrogens with zero attached hydrogens (tertiary/aromatic N) is 6. The van der Waals surface area contributed by atoms with Gasteiger partial charge in [0.2, 0.25) is 0 Å². The predicted molar refractivity (Wildman–Crippen MR) is 479 cm³/mol. The average Bonchev–Trinajstić information content (AvgIpc) is 1.55. The van der Waals surface area contributed by atoms with Gasteiger partial charge in [-0.25, -0.2) is 65.9 Å². The van der Waals surface area contributed by atoms with Crippen LogP contribution in [0.2, 0.25) is 0 Å². The van der Waals surface area contributed by atoms with Crippen LogP contribution in [0.3, 0.4) is 0 Å². The van der Waals surface area contributed by atoms with Crippen LogP contribution in [0.1, 0.15) is 33.4 Å². The van der Waals surface area contributed by atoms with Gasteiger partial charge in [0.15, 0.2) is 87.3 Å². The molecular formula is C102H66B3F15N6. The van der Waals surface area contributed by atoms with E-state index in [-0.39, 0.29) is 0 Å². The van der Waals surface area contributed by atoms with Gasteiger partial charge in [0.1, 0.15) is 0 Å². The summed E-state index contributed by atoms with van der Waals surface area (Å²) in [6.07, 6.45) is 0. The van der Waals surface area contributed by atoms with Crippen molar-refractivity contribution in [2.24, 2.45) is 0 Å². The van der Waals surface area contributed by atoms with Gasteiger partial charge in [-0.05, 0) is 147 Å². The zero-order chi connectivity index (χ0) is 87.9. The van der Waals surface area contributed by atoms with Crippen LogP contribution < -0.4 is 45.3 Å². The first kappa shape index (κ1) is 81.1. The quantitative estimate of drug-likeness (QED) is 0.0468. The lowest BCUT2D eigenvalue weighted by molar-refractivity contribution is 0.384. The number of fused-ring (bicyclic) bond motifs is 18. The largest absolute Gasteiger partial charge is 0.427 e. The number of anilines is 12. The second-order valence-electron chi connectivity index (χ2n) is 31.7. The van der Waals surface area contributed by atoms with Gasteiger partial charge in [0.25, 0.3) is 0 Å². The molecule has 126 heavy (non-hydrogen) atoms. The van der Waals surface area contributed by atoms with Gasteiger partial charge in [0, 0.05) is 82.8 Å². The second kappa shape index (κ2) is 31.7. The molecule has 18 aromatic rings. The van der Waals surface area contributed by atoms with Crippen molar-refractivity contribution in [2.45, 2.75) is 41.5 Å². The smallest absolute Gasteiger partial charge is 0.359 e. The highest BCUT2D eigenvalue weighted by Crippen LogP contribution is 2.59. The zero-order valence-electron chi connectivity index (χ0n) is 67.8. The third-order valence-electron chi connectivity index (χ3n) is 23.9. The van der Waals surface area contributed by atoms with Gasteiger partial charge in [-0.3, -0.25) is 0 Å². The van der Waals surface area contributed by atoms with E-state index >= 15 is 26.3 Å². The first-order valence-electron chi connectivity index (χ1n) is 40.3. The lowest BCUT2D eigenvalue weighted by atomic mass is 9.63. The Kier molecular flexibility index (Phi) is 20.4. The molecule has 0 radical (unpaired) electrons. The third-order valence-corrected chi connectivity index (χ3v) is 23.9. The van der Waals surface area contributed by atoms with Crippen LogP contribution in [0.15, 0.2) is 291 Å². The van der Waals surface area contributed by atoms with E-state index in [1.807, 2.05) is 260 Å². The molecule has 0 bridgehead atoms. The molecule has 0 saturated heterocycles. The maximum atomic E-state index is 15.8. The summed E-state index contributed by atoms with van der Waals surface area (Å²) in [4.78, 5) is 10.1. The summed E-state index contributed by atoms with van der Waals surface area (Å²) < 4.78 is 227. The van der Waals surface area contributed by atoms with Crippen LogP contribution in [-0.2, 0) is 0 Å². The van der Waals surface area contributed by atoms with Gasteiger partial charge in [-0.2, -0.15) is 0 Å². The molecule has 618 valence electrons. The Labute approximate surface area is 714 Å². The summed E-state index contributed by atoms with van der Waals surface area (Å²) in [6, 6.07) is 89.6. The van der Waals surface area contributed by atoms with Gasteiger partial charge in [-0.15, -0.1) is 0 Å². The van der Waals surface area contributed by atoms with Crippen molar-refractivity contribution in [3.63, 3.8) is 0 Å². The number of rotatable bonds is 9. The highest BCUT2D eigenvalue weighted by molar-refractivity contribution is 6.87. The van der Waals surface area contributed by atoms with Crippen LogP contribution in [0.4, 0.5) is 134 Å². The molecule has 0 atom stereocenters. The molecule has 3 aliphatic heterocycles. The van der Waals surface area contributed by atoms with Gasteiger partial charge in [0.05, 0.1) is 34.1 Å². The van der Waals surface area contributed by atoms with Crippen molar-refractivity contribution in [3.05, 3.63) is 412 Å². The molecule has 0 fully saturated rings. The summed E-state index contributed by atoms with van der Waals surface area (Å²) in [5.41, 5.74) is 9.69. The fourth-order valence-corrected chi connectivity index (χ4v) is 18.0. The van der Waals surface area contributed by atoms with Crippen LogP contribution in [-0.4, -0.2) is 20.9 Å². The van der Waals surface area contributed by atoms with Crippen LogP contribution in [0.5, 0.6) is 0 Å². The molecule has 0 spiro atoms. The van der Waals surface area contributed by atoms with E-state index in [9.17, 15) is 39.5 Å². The number of halogens is 15. The Hall–Kier alpha value is -14.5. The maximum Gasteiger partial charge on any atom is 0.427 e. The topological polar surface area (TPSA) is 19.4 Å². The molecule has 3 aliphatic rings. The maximum absolute atomic E-state index is 15.8. The van der Waals surface area contributed by atoms with Crippen molar-refractivity contribution in [1.82, 2.24) is 0 Å². The van der Waals surface area contributed by atoms with Gasteiger partial charge in [-0.1, -0.05) is 252 Å². The Morgan fingerprint density at radius 2 is 0.254 bits per heavy atom. The molecule has 21 rings (SSSR count). The minimum atomic E-state index is -2.19. The highest BCUT2D eigenvalue weighted by atomic mass is 19.2. The third kappa shape index (κ3) is 12.9. The number of hydrogen-bond acceptors (Lipinski definition) is 6. The van der Waals surface area contributed by atoms with Crippen molar-refractivity contribution < 1.29 is 65.9 Å². The minimum absolute atomic E-state index is 0.533. The first-order valence-corrected chi connectivity index (χ1v) is 40.3. The van der Waals surface area contributed by atoms with E-state index in [4.69, 9.17) is 0 Å². The summed E-state index contributed by atoms with van der Waals surface area (Å²) in [5, 5.41) is 10.0. The molecule has 6 nitrogen and oxygen atoms in total.